The molecule has 2 aromatic rings. The molecule has 0 aliphatic carbocycles. The maximum absolute atomic E-state index is 13.7. The number of hydrogen-bond donors (Lipinski definition) is 1. The monoisotopic (exact) mass is 325 g/mol. The number of anilines is 1. The lowest BCUT2D eigenvalue weighted by molar-refractivity contribution is 0.297. The minimum Gasteiger partial charge on any atom is -0.497 e. The van der Waals surface area contributed by atoms with E-state index in [9.17, 15) is 4.39 Å². The van der Waals surface area contributed by atoms with Crippen molar-refractivity contribution in [1.29, 1.82) is 0 Å². The van der Waals surface area contributed by atoms with Crippen LogP contribution in [0.1, 0.15) is 5.56 Å². The average Bonchev–Trinajstić information content (AvgIpc) is 2.41. The first-order chi connectivity index (χ1) is 9.11. The van der Waals surface area contributed by atoms with Gasteiger partial charge in [-0.25, -0.2) is 4.39 Å². The molecule has 0 bridgehead atoms. The van der Waals surface area contributed by atoms with E-state index in [1.165, 1.54) is 6.07 Å². The molecular weight excluding hydrogens is 313 g/mol. The molecule has 0 fully saturated rings. The largest absolute Gasteiger partial charge is 0.497 e. The summed E-state index contributed by atoms with van der Waals surface area (Å²) < 4.78 is 25.1. The summed E-state index contributed by atoms with van der Waals surface area (Å²) in [5, 5.41) is 0. The molecule has 0 atom stereocenters. The van der Waals surface area contributed by atoms with E-state index in [4.69, 9.17) is 15.2 Å². The lowest BCUT2D eigenvalue weighted by Crippen LogP contribution is -2.01. The predicted octanol–water partition coefficient (Wildman–Crippen LogP) is 3.76. The van der Waals surface area contributed by atoms with Gasteiger partial charge < -0.3 is 15.2 Å². The zero-order valence-corrected chi connectivity index (χ0v) is 11.9. The van der Waals surface area contributed by atoms with Crippen LogP contribution in [0.5, 0.6) is 11.5 Å². The van der Waals surface area contributed by atoms with Crippen molar-refractivity contribution in [1.82, 2.24) is 0 Å². The van der Waals surface area contributed by atoms with Crippen LogP contribution in [0.2, 0.25) is 0 Å². The molecule has 0 heterocycles. The second-order valence-corrected chi connectivity index (χ2v) is 4.76. The molecule has 2 N–H and O–H groups in total. The second kappa shape index (κ2) is 5.93. The van der Waals surface area contributed by atoms with Gasteiger partial charge in [0.1, 0.15) is 18.1 Å². The number of benzene rings is 2. The topological polar surface area (TPSA) is 44.5 Å². The Kier molecular flexibility index (Phi) is 4.27. The Balaban J connectivity index is 2.12. The summed E-state index contributed by atoms with van der Waals surface area (Å²) in [6.45, 7) is 0.113. The minimum absolute atomic E-state index is 0.113. The van der Waals surface area contributed by atoms with E-state index in [1.54, 1.807) is 37.4 Å². The molecule has 100 valence electrons. The van der Waals surface area contributed by atoms with Gasteiger partial charge in [0.15, 0.2) is 5.82 Å². The lowest BCUT2D eigenvalue weighted by Gasteiger charge is -2.10. The van der Waals surface area contributed by atoms with Crippen molar-refractivity contribution in [3.05, 3.63) is 52.3 Å². The first-order valence-corrected chi connectivity index (χ1v) is 6.40. The highest BCUT2D eigenvalue weighted by Gasteiger charge is 2.08. The average molecular weight is 326 g/mol. The third kappa shape index (κ3) is 3.17. The van der Waals surface area contributed by atoms with Crippen LogP contribution in [0.4, 0.5) is 10.1 Å². The van der Waals surface area contributed by atoms with Crippen molar-refractivity contribution in [2.45, 2.75) is 6.61 Å². The van der Waals surface area contributed by atoms with Crippen LogP contribution in [-0.4, -0.2) is 7.11 Å². The van der Waals surface area contributed by atoms with Crippen LogP contribution in [0.25, 0.3) is 0 Å². The SMILES string of the molecule is COc1ccc(OCc2cccc(N)c2F)c(Br)c1. The number of nitrogen functional groups attached to an aromatic ring is 1. The Morgan fingerprint density at radius 3 is 2.74 bits per heavy atom. The van der Waals surface area contributed by atoms with Crippen molar-refractivity contribution in [2.75, 3.05) is 12.8 Å². The zero-order valence-electron chi connectivity index (χ0n) is 10.3. The number of ether oxygens (including phenoxy) is 2. The van der Waals surface area contributed by atoms with Gasteiger partial charge in [-0.1, -0.05) is 12.1 Å². The number of methoxy groups -OCH3 is 1. The molecule has 0 aliphatic rings. The third-order valence-electron chi connectivity index (χ3n) is 2.63. The number of hydrogen-bond acceptors (Lipinski definition) is 3. The van der Waals surface area contributed by atoms with Gasteiger partial charge in [-0.3, -0.25) is 0 Å². The molecule has 0 unspecified atom stereocenters. The normalized spacial score (nSPS) is 10.3. The van der Waals surface area contributed by atoms with E-state index in [1.807, 2.05) is 0 Å². The van der Waals surface area contributed by atoms with Crippen LogP contribution >= 0.6 is 15.9 Å². The molecule has 0 radical (unpaired) electrons. The first kappa shape index (κ1) is 13.7. The van der Waals surface area contributed by atoms with E-state index < -0.39 is 5.82 Å². The maximum Gasteiger partial charge on any atom is 0.152 e. The van der Waals surface area contributed by atoms with Crippen molar-refractivity contribution < 1.29 is 13.9 Å². The van der Waals surface area contributed by atoms with Crippen molar-refractivity contribution >= 4 is 21.6 Å². The summed E-state index contributed by atoms with van der Waals surface area (Å²) in [6.07, 6.45) is 0. The van der Waals surface area contributed by atoms with Gasteiger partial charge in [0, 0.05) is 5.56 Å². The van der Waals surface area contributed by atoms with Crippen molar-refractivity contribution in [2.24, 2.45) is 0 Å². The van der Waals surface area contributed by atoms with Crippen molar-refractivity contribution in [3.63, 3.8) is 0 Å². The zero-order chi connectivity index (χ0) is 13.8. The fourth-order valence-corrected chi connectivity index (χ4v) is 2.06. The van der Waals surface area contributed by atoms with Gasteiger partial charge in [0.05, 0.1) is 17.3 Å². The number of halogens is 2. The van der Waals surface area contributed by atoms with Gasteiger partial charge >= 0.3 is 0 Å². The summed E-state index contributed by atoms with van der Waals surface area (Å²) in [5.41, 5.74) is 6.04. The van der Waals surface area contributed by atoms with Gasteiger partial charge in [-0.05, 0) is 40.2 Å². The number of rotatable bonds is 4. The molecule has 0 aromatic heterocycles. The fraction of sp³-hybridized carbons (Fsp3) is 0.143. The molecule has 19 heavy (non-hydrogen) atoms. The summed E-state index contributed by atoms with van der Waals surface area (Å²) in [5.74, 6) is 0.893. The Morgan fingerprint density at radius 2 is 2.05 bits per heavy atom. The van der Waals surface area contributed by atoms with Crippen LogP contribution in [0.15, 0.2) is 40.9 Å². The van der Waals surface area contributed by atoms with E-state index in [0.29, 0.717) is 11.3 Å². The summed E-state index contributed by atoms with van der Waals surface area (Å²) in [4.78, 5) is 0. The van der Waals surface area contributed by atoms with Crippen LogP contribution < -0.4 is 15.2 Å². The van der Waals surface area contributed by atoms with E-state index in [2.05, 4.69) is 15.9 Å². The molecule has 0 saturated carbocycles. The molecular formula is C14H13BrFNO2. The van der Waals surface area contributed by atoms with Gasteiger partial charge in [-0.2, -0.15) is 0 Å². The summed E-state index contributed by atoms with van der Waals surface area (Å²) in [7, 11) is 1.59. The second-order valence-electron chi connectivity index (χ2n) is 3.91. The highest BCUT2D eigenvalue weighted by molar-refractivity contribution is 9.10. The van der Waals surface area contributed by atoms with Gasteiger partial charge in [0.2, 0.25) is 0 Å². The Morgan fingerprint density at radius 1 is 1.26 bits per heavy atom. The smallest absolute Gasteiger partial charge is 0.152 e. The third-order valence-corrected chi connectivity index (χ3v) is 3.25. The molecule has 0 saturated heterocycles. The van der Waals surface area contributed by atoms with E-state index >= 15 is 0 Å². The molecule has 3 nitrogen and oxygen atoms in total. The van der Waals surface area contributed by atoms with E-state index in [-0.39, 0.29) is 12.3 Å². The standard InChI is InChI=1S/C14H13BrFNO2/c1-18-10-5-6-13(11(15)7-10)19-8-9-3-2-4-12(17)14(9)16/h2-7H,8,17H2,1H3. The molecule has 5 heteroatoms. The van der Waals surface area contributed by atoms with Crippen molar-refractivity contribution in [3.8, 4) is 11.5 Å². The quantitative estimate of drug-likeness (QED) is 0.870. The van der Waals surface area contributed by atoms with E-state index in [0.717, 1.165) is 10.2 Å². The van der Waals surface area contributed by atoms with Crippen LogP contribution in [0.3, 0.4) is 0 Å². The maximum atomic E-state index is 13.7. The van der Waals surface area contributed by atoms with Gasteiger partial charge in [0.25, 0.3) is 0 Å². The Hall–Kier alpha value is -1.75. The summed E-state index contributed by atoms with van der Waals surface area (Å²) >= 11 is 3.37. The first-order valence-electron chi connectivity index (χ1n) is 5.61. The van der Waals surface area contributed by atoms with Gasteiger partial charge in [-0.15, -0.1) is 0 Å². The summed E-state index contributed by atoms with van der Waals surface area (Å²) in [6, 6.07) is 10.2. The number of nitrogens with two attached hydrogens (primary N) is 1. The Labute approximate surface area is 119 Å². The highest BCUT2D eigenvalue weighted by atomic mass is 79.9. The minimum atomic E-state index is -0.438. The molecule has 0 aliphatic heterocycles. The predicted molar refractivity (Wildman–Crippen MR) is 75.8 cm³/mol. The lowest BCUT2D eigenvalue weighted by atomic mass is 10.2. The molecule has 2 aromatic carbocycles. The highest BCUT2D eigenvalue weighted by Crippen LogP contribution is 2.30. The fourth-order valence-electron chi connectivity index (χ4n) is 1.59. The molecule has 0 amide bonds. The Bertz CT molecular complexity index is 590. The molecule has 2 rings (SSSR count). The van der Waals surface area contributed by atoms with Crippen LogP contribution in [-0.2, 0) is 6.61 Å². The van der Waals surface area contributed by atoms with Crippen LogP contribution in [0, 0.1) is 5.82 Å². The molecule has 0 spiro atoms.